The Kier molecular flexibility index (Phi) is 15.0. The third-order valence-corrected chi connectivity index (χ3v) is 10.2. The molecule has 0 saturated heterocycles. The molecule has 1 heterocycles. The van der Waals surface area contributed by atoms with Crippen LogP contribution in [0.2, 0.25) is 0 Å². The van der Waals surface area contributed by atoms with Crippen molar-refractivity contribution in [2.45, 2.75) is 78.5 Å². The Morgan fingerprint density at radius 1 is 0.852 bits per heavy atom. The predicted molar refractivity (Wildman–Crippen MR) is 204 cm³/mol. The van der Waals surface area contributed by atoms with Gasteiger partial charge in [-0.15, -0.1) is 0 Å². The first kappa shape index (κ1) is 41.8. The fourth-order valence-corrected chi connectivity index (χ4v) is 7.21. The van der Waals surface area contributed by atoms with Crippen LogP contribution in [0.15, 0.2) is 102 Å². The number of sulfonamides is 1. The number of ether oxygens (including phenoxy) is 3. The second kappa shape index (κ2) is 19.4. The highest BCUT2D eigenvalue weighted by Gasteiger charge is 2.39. The fourth-order valence-electron chi connectivity index (χ4n) is 5.71. The summed E-state index contributed by atoms with van der Waals surface area (Å²) >= 11 is 0. The number of benzene rings is 3. The molecule has 0 aliphatic carbocycles. The van der Waals surface area contributed by atoms with Gasteiger partial charge in [-0.1, -0.05) is 126 Å². The van der Waals surface area contributed by atoms with Gasteiger partial charge in [0.25, 0.3) is 15.1 Å². The van der Waals surface area contributed by atoms with E-state index in [1.54, 1.807) is 32.9 Å². The van der Waals surface area contributed by atoms with Crippen molar-refractivity contribution in [2.75, 3.05) is 19.6 Å². The van der Waals surface area contributed by atoms with Crippen molar-refractivity contribution in [3.8, 4) is 0 Å². The van der Waals surface area contributed by atoms with E-state index in [1.807, 2.05) is 92.7 Å². The quantitative estimate of drug-likeness (QED) is 0.148. The second-order valence-electron chi connectivity index (χ2n) is 14.7. The summed E-state index contributed by atoms with van der Waals surface area (Å²) in [6, 6.07) is 25.5. The Morgan fingerprint density at radius 2 is 1.43 bits per heavy atom. The molecule has 4 rings (SSSR count). The molecule has 1 aliphatic heterocycles. The highest BCUT2D eigenvalue weighted by atomic mass is 32.2. The summed E-state index contributed by atoms with van der Waals surface area (Å²) in [5, 5.41) is 19.4. The number of hydrogen-bond donors (Lipinski definition) is 4. The molecule has 0 spiro atoms. The Labute approximate surface area is 318 Å². The maximum absolute atomic E-state index is 14.0. The lowest BCUT2D eigenvalue weighted by molar-refractivity contribution is -0.132. The van der Waals surface area contributed by atoms with Crippen molar-refractivity contribution < 1.29 is 42.1 Å². The molecule has 3 aromatic rings. The smallest absolute Gasteiger partial charge is 0.407 e. The standard InChI is InChI=1S/C40H52N4O9S/c1-28(2)24-44(54(49,50)36-27-51-35(53-36)22-30-17-11-7-12-18-30)25-33(45)32(21-29-15-9-6-10-16-29)42-38(47)37(40(3,4)5)43-34(46)23-41-39(48)52-26-31-19-13-8-14-20-31/h6-20,27-28,32-33,35,37,45H,21-26H2,1-5H3,(H,41,48)(H,42,47)(H,43,46). The SMILES string of the molecule is CC(C)CN(CC(O)C(Cc1ccccc1)NC(=O)C(NC(=O)CNC(=O)OCc1ccccc1)C(C)(C)C)S(=O)(=O)C1=COC(Cc2ccccc2)O1. The summed E-state index contributed by atoms with van der Waals surface area (Å²) < 4.78 is 45.5. The number of carbonyl (C=O) groups excluding carboxylic acids is 3. The van der Waals surface area contributed by atoms with Gasteiger partial charge in [0.1, 0.15) is 25.5 Å². The Balaban J connectivity index is 1.45. The van der Waals surface area contributed by atoms with Gasteiger partial charge in [0, 0.05) is 19.5 Å². The van der Waals surface area contributed by atoms with Crippen LogP contribution in [0.25, 0.3) is 0 Å². The zero-order valence-electron chi connectivity index (χ0n) is 31.4. The number of amides is 3. The molecule has 13 nitrogen and oxygen atoms in total. The van der Waals surface area contributed by atoms with E-state index >= 15 is 0 Å². The highest BCUT2D eigenvalue weighted by molar-refractivity contribution is 7.92. The molecule has 0 bridgehead atoms. The van der Waals surface area contributed by atoms with E-state index in [0.29, 0.717) is 6.42 Å². The molecular weight excluding hydrogens is 713 g/mol. The zero-order chi connectivity index (χ0) is 39.3. The maximum Gasteiger partial charge on any atom is 0.407 e. The lowest BCUT2D eigenvalue weighted by Crippen LogP contribution is -2.59. The summed E-state index contributed by atoms with van der Waals surface area (Å²) in [7, 11) is -4.27. The van der Waals surface area contributed by atoms with Gasteiger partial charge in [-0.05, 0) is 34.4 Å². The van der Waals surface area contributed by atoms with Crippen LogP contribution in [0.3, 0.4) is 0 Å². The number of nitrogens with zero attached hydrogens (tertiary/aromatic N) is 1. The lowest BCUT2D eigenvalue weighted by Gasteiger charge is -2.34. The molecule has 3 amide bonds. The van der Waals surface area contributed by atoms with Gasteiger partial charge >= 0.3 is 6.09 Å². The van der Waals surface area contributed by atoms with Gasteiger partial charge in [-0.25, -0.2) is 13.2 Å². The van der Waals surface area contributed by atoms with Crippen molar-refractivity contribution in [3.05, 3.63) is 119 Å². The molecule has 14 heteroatoms. The molecule has 0 radical (unpaired) electrons. The van der Waals surface area contributed by atoms with Gasteiger partial charge < -0.3 is 35.3 Å². The van der Waals surface area contributed by atoms with Gasteiger partial charge in [-0.3, -0.25) is 9.59 Å². The topological polar surface area (TPSA) is 173 Å². The van der Waals surface area contributed by atoms with Crippen LogP contribution in [-0.4, -0.2) is 79.8 Å². The average Bonchev–Trinajstić information content (AvgIpc) is 3.61. The molecule has 0 fully saturated rings. The van der Waals surface area contributed by atoms with E-state index in [1.165, 1.54) is 0 Å². The minimum atomic E-state index is -4.27. The molecule has 292 valence electrons. The normalized spacial score (nSPS) is 16.0. The summed E-state index contributed by atoms with van der Waals surface area (Å²) in [5.41, 5.74) is 1.68. The number of carbonyl (C=O) groups is 3. The molecule has 0 saturated carbocycles. The van der Waals surface area contributed by atoms with E-state index in [4.69, 9.17) is 14.2 Å². The summed E-state index contributed by atoms with van der Waals surface area (Å²) in [6.45, 7) is 8.26. The van der Waals surface area contributed by atoms with Crippen LogP contribution in [0.1, 0.15) is 51.3 Å². The third kappa shape index (κ3) is 12.9. The minimum Gasteiger partial charge on any atom is -0.457 e. The van der Waals surface area contributed by atoms with Crippen molar-refractivity contribution in [3.63, 3.8) is 0 Å². The van der Waals surface area contributed by atoms with Gasteiger partial charge in [0.15, 0.2) is 0 Å². The largest absolute Gasteiger partial charge is 0.457 e. The number of aliphatic hydroxyl groups excluding tert-OH is 1. The highest BCUT2D eigenvalue weighted by Crippen LogP contribution is 2.27. The number of aliphatic hydroxyl groups is 1. The van der Waals surface area contributed by atoms with E-state index < -0.39 is 64.4 Å². The monoisotopic (exact) mass is 764 g/mol. The number of alkyl carbamates (subject to hydrolysis) is 1. The molecule has 4 N–H and O–H groups in total. The molecule has 3 aromatic carbocycles. The molecule has 0 aromatic heterocycles. The van der Waals surface area contributed by atoms with Gasteiger partial charge in [0.05, 0.1) is 12.1 Å². The Bertz CT molecular complexity index is 1800. The summed E-state index contributed by atoms with van der Waals surface area (Å²) in [6.07, 6.45) is -1.45. The zero-order valence-corrected chi connectivity index (χ0v) is 32.3. The van der Waals surface area contributed by atoms with Crippen LogP contribution in [0.4, 0.5) is 4.79 Å². The Hall–Kier alpha value is -4.92. The number of nitrogens with one attached hydrogen (secondary N) is 3. The van der Waals surface area contributed by atoms with Crippen molar-refractivity contribution in [1.82, 2.24) is 20.3 Å². The lowest BCUT2D eigenvalue weighted by atomic mass is 9.85. The summed E-state index contributed by atoms with van der Waals surface area (Å²) in [4.78, 5) is 39.2. The predicted octanol–water partition coefficient (Wildman–Crippen LogP) is 4.23. The first-order valence-electron chi connectivity index (χ1n) is 17.9. The van der Waals surface area contributed by atoms with Crippen molar-refractivity contribution in [2.24, 2.45) is 11.3 Å². The third-order valence-electron chi connectivity index (χ3n) is 8.49. The van der Waals surface area contributed by atoms with Crippen LogP contribution in [0.5, 0.6) is 0 Å². The van der Waals surface area contributed by atoms with Crippen LogP contribution < -0.4 is 16.0 Å². The van der Waals surface area contributed by atoms with Crippen molar-refractivity contribution >= 4 is 27.9 Å². The first-order valence-corrected chi connectivity index (χ1v) is 19.4. The van der Waals surface area contributed by atoms with Crippen LogP contribution >= 0.6 is 0 Å². The van der Waals surface area contributed by atoms with Crippen molar-refractivity contribution in [1.29, 1.82) is 0 Å². The van der Waals surface area contributed by atoms with Gasteiger partial charge in [-0.2, -0.15) is 4.31 Å². The number of hydrogen-bond acceptors (Lipinski definition) is 9. The molecule has 4 atom stereocenters. The molecule has 1 aliphatic rings. The average molecular weight is 765 g/mol. The molecule has 4 unspecified atom stereocenters. The Morgan fingerprint density at radius 3 is 2.00 bits per heavy atom. The summed E-state index contributed by atoms with van der Waals surface area (Å²) in [5.74, 6) is -1.35. The minimum absolute atomic E-state index is 0.0233. The number of rotatable bonds is 18. The fraction of sp³-hybridized carbons (Fsp3) is 0.425. The van der Waals surface area contributed by atoms with E-state index in [2.05, 4.69) is 16.0 Å². The second-order valence-corrected chi connectivity index (χ2v) is 16.5. The molecular formula is C40H52N4O9S. The van der Waals surface area contributed by atoms with E-state index in [0.717, 1.165) is 27.3 Å². The van der Waals surface area contributed by atoms with E-state index in [9.17, 15) is 27.9 Å². The first-order chi connectivity index (χ1) is 25.6. The van der Waals surface area contributed by atoms with Crippen LogP contribution in [-0.2, 0) is 53.3 Å². The van der Waals surface area contributed by atoms with Crippen LogP contribution in [0, 0.1) is 11.3 Å². The van der Waals surface area contributed by atoms with Gasteiger partial charge in [0.2, 0.25) is 18.1 Å². The molecule has 54 heavy (non-hydrogen) atoms. The maximum atomic E-state index is 14.0. The van der Waals surface area contributed by atoms with E-state index in [-0.39, 0.29) is 37.1 Å².